The Kier molecular flexibility index (Phi) is 5.66. The van der Waals surface area contributed by atoms with Crippen LogP contribution in [0.15, 0.2) is 53.4 Å². The number of nitrogens with one attached hydrogen (secondary N) is 1. The number of thioether (sulfide) groups is 1. The fourth-order valence-corrected chi connectivity index (χ4v) is 4.17. The van der Waals surface area contributed by atoms with E-state index in [9.17, 15) is 9.59 Å². The van der Waals surface area contributed by atoms with Crippen LogP contribution < -0.4 is 10.2 Å². The molecule has 4 nitrogen and oxygen atoms in total. The normalized spacial score (nSPS) is 15.3. The van der Waals surface area contributed by atoms with Crippen LogP contribution in [0, 0.1) is 0 Å². The summed E-state index contributed by atoms with van der Waals surface area (Å²) < 4.78 is 0. The van der Waals surface area contributed by atoms with Crippen molar-refractivity contribution >= 4 is 40.9 Å². The van der Waals surface area contributed by atoms with Gasteiger partial charge < -0.3 is 10.2 Å². The molecule has 0 unspecified atom stereocenters. The summed E-state index contributed by atoms with van der Waals surface area (Å²) in [6, 6.07) is 15.1. The van der Waals surface area contributed by atoms with E-state index in [-0.39, 0.29) is 24.4 Å². The van der Waals surface area contributed by atoms with E-state index in [1.807, 2.05) is 49.4 Å². The van der Waals surface area contributed by atoms with Crippen molar-refractivity contribution in [2.45, 2.75) is 24.3 Å². The van der Waals surface area contributed by atoms with Crippen molar-refractivity contribution in [3.63, 3.8) is 0 Å². The highest BCUT2D eigenvalue weighted by Gasteiger charge is 2.27. The molecule has 6 heteroatoms. The highest BCUT2D eigenvalue weighted by molar-refractivity contribution is 7.99. The van der Waals surface area contributed by atoms with Crippen LogP contribution in [0.3, 0.4) is 0 Å². The van der Waals surface area contributed by atoms with Crippen LogP contribution in [-0.4, -0.2) is 24.1 Å². The second-order valence-electron chi connectivity index (χ2n) is 5.86. The van der Waals surface area contributed by atoms with E-state index in [0.717, 1.165) is 10.5 Å². The van der Waals surface area contributed by atoms with Crippen LogP contribution >= 0.6 is 23.4 Å². The van der Waals surface area contributed by atoms with Gasteiger partial charge >= 0.3 is 0 Å². The number of fused-ring (bicyclic) bond motifs is 1. The van der Waals surface area contributed by atoms with E-state index in [1.54, 1.807) is 17.8 Å². The van der Waals surface area contributed by atoms with E-state index in [4.69, 9.17) is 11.6 Å². The molecule has 0 saturated heterocycles. The van der Waals surface area contributed by atoms with Gasteiger partial charge in [-0.05, 0) is 24.6 Å². The maximum absolute atomic E-state index is 12.5. The predicted octanol–water partition coefficient (Wildman–Crippen LogP) is 4.05. The molecular weight excluding hydrogens is 356 g/mol. The SMILES string of the molecule is C[C@H](NC(=O)CN1C(=O)CCSc2cccc(Cl)c21)c1ccccc1. The zero-order valence-electron chi connectivity index (χ0n) is 13.9. The number of carbonyl (C=O) groups excluding carboxylic acids is 2. The number of para-hydroxylation sites is 1. The minimum atomic E-state index is -0.206. The van der Waals surface area contributed by atoms with E-state index in [0.29, 0.717) is 22.9 Å². The van der Waals surface area contributed by atoms with Crippen molar-refractivity contribution < 1.29 is 9.59 Å². The molecule has 0 saturated carbocycles. The summed E-state index contributed by atoms with van der Waals surface area (Å²) >= 11 is 7.91. The molecule has 0 fully saturated rings. The summed E-state index contributed by atoms with van der Waals surface area (Å²) in [6.07, 6.45) is 0.386. The van der Waals surface area contributed by atoms with Gasteiger partial charge in [-0.25, -0.2) is 0 Å². The lowest BCUT2D eigenvalue weighted by molar-refractivity contribution is -0.124. The summed E-state index contributed by atoms with van der Waals surface area (Å²) in [5.41, 5.74) is 1.66. The summed E-state index contributed by atoms with van der Waals surface area (Å²) in [7, 11) is 0. The van der Waals surface area contributed by atoms with E-state index in [1.165, 1.54) is 4.90 Å². The summed E-state index contributed by atoms with van der Waals surface area (Å²) in [4.78, 5) is 27.5. The third kappa shape index (κ3) is 4.17. The molecule has 3 rings (SSSR count). The van der Waals surface area contributed by atoms with Crippen molar-refractivity contribution in [2.75, 3.05) is 17.2 Å². The lowest BCUT2D eigenvalue weighted by Crippen LogP contribution is -2.41. The first-order valence-electron chi connectivity index (χ1n) is 8.12. The number of hydrogen-bond donors (Lipinski definition) is 1. The van der Waals surface area contributed by atoms with Gasteiger partial charge in [0, 0.05) is 17.1 Å². The molecule has 1 aliphatic heterocycles. The third-order valence-electron chi connectivity index (χ3n) is 4.07. The van der Waals surface area contributed by atoms with Crippen molar-refractivity contribution in [2.24, 2.45) is 0 Å². The van der Waals surface area contributed by atoms with Crippen LogP contribution in [0.1, 0.15) is 24.9 Å². The molecule has 0 bridgehead atoms. The average molecular weight is 375 g/mol. The third-order valence-corrected chi connectivity index (χ3v) is 5.43. The molecule has 0 aliphatic carbocycles. The maximum atomic E-state index is 12.5. The Morgan fingerprint density at radius 2 is 2.00 bits per heavy atom. The lowest BCUT2D eigenvalue weighted by atomic mass is 10.1. The van der Waals surface area contributed by atoms with Gasteiger partial charge in [0.25, 0.3) is 0 Å². The second kappa shape index (κ2) is 7.93. The zero-order chi connectivity index (χ0) is 17.8. The van der Waals surface area contributed by atoms with Crippen LogP contribution in [0.25, 0.3) is 0 Å². The molecule has 1 N–H and O–H groups in total. The highest BCUT2D eigenvalue weighted by atomic mass is 35.5. The molecule has 0 radical (unpaired) electrons. The Balaban J connectivity index is 1.77. The van der Waals surface area contributed by atoms with Gasteiger partial charge in [0.1, 0.15) is 6.54 Å². The number of amides is 2. The van der Waals surface area contributed by atoms with Crippen LogP contribution in [0.2, 0.25) is 5.02 Å². The maximum Gasteiger partial charge on any atom is 0.240 e. The first-order chi connectivity index (χ1) is 12.1. The molecule has 2 aromatic carbocycles. The lowest BCUT2D eigenvalue weighted by Gasteiger charge is -2.24. The number of rotatable bonds is 4. The Hall–Kier alpha value is -1.98. The fourth-order valence-electron chi connectivity index (χ4n) is 2.80. The number of carbonyl (C=O) groups is 2. The Labute approximate surface area is 156 Å². The van der Waals surface area contributed by atoms with Gasteiger partial charge in [-0.2, -0.15) is 0 Å². The van der Waals surface area contributed by atoms with Crippen LogP contribution in [0.5, 0.6) is 0 Å². The van der Waals surface area contributed by atoms with Gasteiger partial charge in [0.15, 0.2) is 0 Å². The minimum Gasteiger partial charge on any atom is -0.348 e. The number of nitrogens with zero attached hydrogens (tertiary/aromatic N) is 1. The number of anilines is 1. The van der Waals surface area contributed by atoms with E-state index >= 15 is 0 Å². The Morgan fingerprint density at radius 3 is 2.76 bits per heavy atom. The Bertz CT molecular complexity index is 782. The smallest absolute Gasteiger partial charge is 0.240 e. The topological polar surface area (TPSA) is 49.4 Å². The largest absolute Gasteiger partial charge is 0.348 e. The molecule has 1 aliphatic rings. The number of benzene rings is 2. The summed E-state index contributed by atoms with van der Waals surface area (Å²) in [5, 5.41) is 3.44. The highest BCUT2D eigenvalue weighted by Crippen LogP contribution is 2.39. The van der Waals surface area contributed by atoms with Crippen molar-refractivity contribution in [1.29, 1.82) is 0 Å². The van der Waals surface area contributed by atoms with Crippen LogP contribution in [0.4, 0.5) is 5.69 Å². The zero-order valence-corrected chi connectivity index (χ0v) is 15.4. The molecule has 2 aromatic rings. The molecule has 0 aromatic heterocycles. The summed E-state index contributed by atoms with van der Waals surface area (Å²) in [5.74, 6) is 0.398. The first-order valence-corrected chi connectivity index (χ1v) is 9.48. The summed E-state index contributed by atoms with van der Waals surface area (Å²) in [6.45, 7) is 1.89. The van der Waals surface area contributed by atoms with Crippen molar-refractivity contribution in [1.82, 2.24) is 5.32 Å². The minimum absolute atomic E-state index is 0.0344. The standard InChI is InChI=1S/C19H19ClN2O2S/c1-13(14-6-3-2-4-7-14)21-17(23)12-22-18(24)10-11-25-16-9-5-8-15(20)19(16)22/h2-9,13H,10-12H2,1H3,(H,21,23)/t13-/m0/s1. The molecule has 2 amide bonds. The molecular formula is C19H19ClN2O2S. The molecule has 1 heterocycles. The quantitative estimate of drug-likeness (QED) is 0.878. The van der Waals surface area contributed by atoms with Crippen molar-refractivity contribution in [3.8, 4) is 0 Å². The van der Waals surface area contributed by atoms with Gasteiger partial charge in [0.2, 0.25) is 11.8 Å². The van der Waals surface area contributed by atoms with Crippen molar-refractivity contribution in [3.05, 3.63) is 59.1 Å². The Morgan fingerprint density at radius 1 is 1.24 bits per heavy atom. The average Bonchev–Trinajstić information content (AvgIpc) is 2.76. The number of hydrogen-bond acceptors (Lipinski definition) is 3. The first kappa shape index (κ1) is 17.8. The van der Waals surface area contributed by atoms with Gasteiger partial charge in [-0.15, -0.1) is 11.8 Å². The van der Waals surface area contributed by atoms with E-state index < -0.39 is 0 Å². The monoisotopic (exact) mass is 374 g/mol. The second-order valence-corrected chi connectivity index (χ2v) is 7.41. The van der Waals surface area contributed by atoms with Crippen LogP contribution in [-0.2, 0) is 9.59 Å². The van der Waals surface area contributed by atoms with E-state index in [2.05, 4.69) is 5.32 Å². The molecule has 0 spiro atoms. The molecule has 25 heavy (non-hydrogen) atoms. The number of halogens is 1. The predicted molar refractivity (Wildman–Crippen MR) is 102 cm³/mol. The van der Waals surface area contributed by atoms with Gasteiger partial charge in [-0.3, -0.25) is 9.59 Å². The molecule has 1 atom stereocenters. The van der Waals surface area contributed by atoms with Gasteiger partial charge in [-0.1, -0.05) is 48.0 Å². The molecule has 130 valence electrons. The fraction of sp³-hybridized carbons (Fsp3) is 0.263. The van der Waals surface area contributed by atoms with Gasteiger partial charge in [0.05, 0.1) is 16.8 Å².